The smallest absolute Gasteiger partial charge is 0.330 e. The van der Waals surface area contributed by atoms with E-state index in [1.165, 1.54) is 27.9 Å². The molecule has 0 fully saturated rings. The Labute approximate surface area is 174 Å². The van der Waals surface area contributed by atoms with Crippen LogP contribution in [0.15, 0.2) is 15.7 Å². The average Bonchev–Trinajstić information content (AvgIpc) is 3.01. The van der Waals surface area contributed by atoms with Gasteiger partial charge in [-0.15, -0.1) is 11.3 Å². The minimum absolute atomic E-state index is 0.0148. The number of aromatic amines is 1. The maximum atomic E-state index is 13.3. The van der Waals surface area contributed by atoms with Crippen LogP contribution in [-0.4, -0.2) is 35.7 Å². The molecule has 0 bridgehead atoms. The molecule has 29 heavy (non-hydrogen) atoms. The fraction of sp³-hybridized carbons (Fsp3) is 0.550. The molecule has 3 N–H and O–H groups in total. The van der Waals surface area contributed by atoms with Crippen molar-refractivity contribution in [3.05, 3.63) is 42.2 Å². The number of methoxy groups -OCH3 is 1. The summed E-state index contributed by atoms with van der Waals surface area (Å²) in [6.45, 7) is 8.64. The van der Waals surface area contributed by atoms with E-state index in [0.29, 0.717) is 11.4 Å². The number of nitrogen functional groups attached to an aromatic ring is 1. The molecular formula is C20H30N4O4S. The van der Waals surface area contributed by atoms with Gasteiger partial charge in [0, 0.05) is 25.1 Å². The van der Waals surface area contributed by atoms with E-state index in [4.69, 9.17) is 10.5 Å². The van der Waals surface area contributed by atoms with Gasteiger partial charge >= 0.3 is 5.69 Å². The lowest BCUT2D eigenvalue weighted by Gasteiger charge is -2.24. The van der Waals surface area contributed by atoms with Crippen LogP contribution in [0.3, 0.4) is 0 Å². The number of thiophene rings is 1. The van der Waals surface area contributed by atoms with Gasteiger partial charge < -0.3 is 10.5 Å². The predicted molar refractivity (Wildman–Crippen MR) is 117 cm³/mol. The van der Waals surface area contributed by atoms with Gasteiger partial charge in [-0.25, -0.2) is 4.79 Å². The summed E-state index contributed by atoms with van der Waals surface area (Å²) in [7, 11) is 1.52. The van der Waals surface area contributed by atoms with Crippen molar-refractivity contribution < 1.29 is 9.53 Å². The summed E-state index contributed by atoms with van der Waals surface area (Å²) < 4.78 is 6.44. The van der Waals surface area contributed by atoms with E-state index in [0.717, 1.165) is 23.3 Å². The summed E-state index contributed by atoms with van der Waals surface area (Å²) in [5.74, 6) is -0.211. The number of carbonyl (C=O) groups is 1. The van der Waals surface area contributed by atoms with Gasteiger partial charge in [-0.2, -0.15) is 0 Å². The first-order valence-electron chi connectivity index (χ1n) is 9.73. The molecule has 9 heteroatoms. The number of amides is 1. The molecule has 0 aromatic carbocycles. The van der Waals surface area contributed by atoms with E-state index in [9.17, 15) is 14.4 Å². The lowest BCUT2D eigenvalue weighted by molar-refractivity contribution is 0.0979. The van der Waals surface area contributed by atoms with E-state index < -0.39 is 11.2 Å². The highest BCUT2D eigenvalue weighted by molar-refractivity contribution is 7.14. The van der Waals surface area contributed by atoms with Crippen molar-refractivity contribution in [3.8, 4) is 0 Å². The van der Waals surface area contributed by atoms with Gasteiger partial charge in [0.05, 0.1) is 11.5 Å². The van der Waals surface area contributed by atoms with Crippen LogP contribution in [0.25, 0.3) is 0 Å². The number of nitrogens with zero attached hydrogens (tertiary/aromatic N) is 2. The van der Waals surface area contributed by atoms with Gasteiger partial charge in [-0.3, -0.25) is 24.0 Å². The molecule has 0 radical (unpaired) electrons. The number of rotatable bonds is 9. The van der Waals surface area contributed by atoms with Gasteiger partial charge in [0.25, 0.3) is 11.5 Å². The highest BCUT2D eigenvalue weighted by Gasteiger charge is 2.26. The molecule has 0 saturated heterocycles. The summed E-state index contributed by atoms with van der Waals surface area (Å²) in [6.07, 6.45) is 1.86. The SMILES string of the molecule is CCCc1cc(C(=O)N(CCOC)c2c(N)n(CC(C)C)c(=O)[nH]c2=O)sc1C. The van der Waals surface area contributed by atoms with Crippen molar-refractivity contribution >= 4 is 28.7 Å². The lowest BCUT2D eigenvalue weighted by Crippen LogP contribution is -2.42. The van der Waals surface area contributed by atoms with Gasteiger partial charge in [0.2, 0.25) is 0 Å². The van der Waals surface area contributed by atoms with Crippen molar-refractivity contribution in [2.75, 3.05) is 30.9 Å². The Bertz CT molecular complexity index is 974. The normalized spacial score (nSPS) is 11.2. The Morgan fingerprint density at radius 3 is 2.66 bits per heavy atom. The van der Waals surface area contributed by atoms with Crippen molar-refractivity contribution in [3.63, 3.8) is 0 Å². The summed E-state index contributed by atoms with van der Waals surface area (Å²) in [4.78, 5) is 43.4. The third-order valence-electron chi connectivity index (χ3n) is 4.55. The molecule has 0 spiro atoms. The largest absolute Gasteiger partial charge is 0.383 e. The molecule has 8 nitrogen and oxygen atoms in total. The molecule has 0 aliphatic carbocycles. The Kier molecular flexibility index (Phi) is 7.80. The van der Waals surface area contributed by atoms with Crippen molar-refractivity contribution in [1.29, 1.82) is 0 Å². The number of anilines is 2. The maximum absolute atomic E-state index is 13.3. The molecule has 2 aromatic rings. The number of nitrogens with two attached hydrogens (primary N) is 1. The summed E-state index contributed by atoms with van der Waals surface area (Å²) in [5.41, 5.74) is 6.06. The van der Waals surface area contributed by atoms with Crippen LogP contribution in [0.4, 0.5) is 11.5 Å². The first-order chi connectivity index (χ1) is 13.7. The average molecular weight is 423 g/mol. The second-order valence-corrected chi connectivity index (χ2v) is 8.65. The Hall–Kier alpha value is -2.39. The topological polar surface area (TPSA) is 110 Å². The van der Waals surface area contributed by atoms with Crippen LogP contribution in [0.5, 0.6) is 0 Å². The van der Waals surface area contributed by atoms with Crippen LogP contribution in [-0.2, 0) is 17.7 Å². The second kappa shape index (κ2) is 9.89. The number of H-pyrrole nitrogens is 1. The van der Waals surface area contributed by atoms with Gasteiger partial charge in [0.1, 0.15) is 5.82 Å². The first-order valence-corrected chi connectivity index (χ1v) is 10.6. The molecule has 160 valence electrons. The molecule has 0 aliphatic heterocycles. The Morgan fingerprint density at radius 2 is 2.07 bits per heavy atom. The predicted octanol–water partition coefficient (Wildman–Crippen LogP) is 2.39. The summed E-state index contributed by atoms with van der Waals surface area (Å²) in [5, 5.41) is 0. The zero-order valence-corrected chi connectivity index (χ0v) is 18.5. The Balaban J connectivity index is 2.58. The third kappa shape index (κ3) is 5.16. The van der Waals surface area contributed by atoms with Crippen LogP contribution >= 0.6 is 11.3 Å². The van der Waals surface area contributed by atoms with E-state index in [2.05, 4.69) is 11.9 Å². The van der Waals surface area contributed by atoms with E-state index >= 15 is 0 Å². The summed E-state index contributed by atoms with van der Waals surface area (Å²) >= 11 is 1.39. The number of aryl methyl sites for hydroxylation is 2. The number of hydrogen-bond acceptors (Lipinski definition) is 6. The van der Waals surface area contributed by atoms with Gasteiger partial charge in [-0.1, -0.05) is 27.2 Å². The lowest BCUT2D eigenvalue weighted by atomic mass is 10.1. The number of nitrogens with one attached hydrogen (secondary N) is 1. The highest BCUT2D eigenvalue weighted by atomic mass is 32.1. The number of hydrogen-bond donors (Lipinski definition) is 2. The minimum atomic E-state index is -0.681. The fourth-order valence-electron chi connectivity index (χ4n) is 3.16. The number of ether oxygens (including phenoxy) is 1. The van der Waals surface area contributed by atoms with Crippen LogP contribution in [0.1, 0.15) is 47.3 Å². The zero-order valence-electron chi connectivity index (χ0n) is 17.7. The second-order valence-electron chi connectivity index (χ2n) is 7.39. The van der Waals surface area contributed by atoms with E-state index in [1.807, 2.05) is 26.8 Å². The van der Waals surface area contributed by atoms with Gasteiger partial charge in [0.15, 0.2) is 5.69 Å². The molecule has 2 heterocycles. The minimum Gasteiger partial charge on any atom is -0.383 e. The molecular weight excluding hydrogens is 392 g/mol. The number of carbonyl (C=O) groups excluding carboxylic acids is 1. The quantitative estimate of drug-likeness (QED) is 0.645. The summed E-state index contributed by atoms with van der Waals surface area (Å²) in [6, 6.07) is 1.88. The van der Waals surface area contributed by atoms with Crippen LogP contribution in [0.2, 0.25) is 0 Å². The Morgan fingerprint density at radius 1 is 1.38 bits per heavy atom. The molecule has 0 aliphatic rings. The van der Waals surface area contributed by atoms with Crippen molar-refractivity contribution in [2.45, 2.75) is 47.1 Å². The fourth-order valence-corrected chi connectivity index (χ4v) is 4.18. The molecule has 0 saturated carbocycles. The first kappa shape index (κ1) is 22.9. The van der Waals surface area contributed by atoms with Gasteiger partial charge in [-0.05, 0) is 30.9 Å². The highest BCUT2D eigenvalue weighted by Crippen LogP contribution is 2.27. The zero-order chi connectivity index (χ0) is 21.7. The monoisotopic (exact) mass is 422 g/mol. The molecule has 0 unspecified atom stereocenters. The van der Waals surface area contributed by atoms with E-state index in [-0.39, 0.29) is 36.5 Å². The van der Waals surface area contributed by atoms with E-state index in [1.54, 1.807) is 0 Å². The molecule has 2 rings (SSSR count). The van der Waals surface area contributed by atoms with Crippen molar-refractivity contribution in [2.24, 2.45) is 5.92 Å². The maximum Gasteiger partial charge on any atom is 0.330 e. The third-order valence-corrected chi connectivity index (χ3v) is 5.63. The molecule has 0 atom stereocenters. The molecule has 1 amide bonds. The van der Waals surface area contributed by atoms with Crippen LogP contribution in [0, 0.1) is 12.8 Å². The number of aromatic nitrogens is 2. The standard InChI is InChI=1S/C20H30N4O4S/c1-6-7-14-10-15(29-13(14)4)19(26)23(8-9-28-5)16-17(21)24(11-12(2)3)20(27)22-18(16)25/h10,12H,6-9,11,21H2,1-5H3,(H,22,25,27). The van der Waals surface area contributed by atoms with Crippen LogP contribution < -0.4 is 21.9 Å². The molecule has 2 aromatic heterocycles. The van der Waals surface area contributed by atoms with Crippen molar-refractivity contribution in [1.82, 2.24) is 9.55 Å².